The first kappa shape index (κ1) is 26.9. The molecule has 0 radical (unpaired) electrons. The maximum absolute atomic E-state index is 11.9. The summed E-state index contributed by atoms with van der Waals surface area (Å²) in [6, 6.07) is 9.36. The molecule has 1 saturated carbocycles. The zero-order valence-electron chi connectivity index (χ0n) is 21.9. The highest BCUT2D eigenvalue weighted by Crippen LogP contribution is 2.48. The molecule has 1 amide bonds. The third-order valence-corrected chi connectivity index (χ3v) is 8.15. The zero-order chi connectivity index (χ0) is 25.9. The molecule has 1 aromatic carbocycles. The van der Waals surface area contributed by atoms with Gasteiger partial charge in [0.05, 0.1) is 12.1 Å². The lowest BCUT2D eigenvalue weighted by Crippen LogP contribution is -2.52. The summed E-state index contributed by atoms with van der Waals surface area (Å²) in [5.74, 6) is 0.552. The second kappa shape index (κ2) is 11.1. The van der Waals surface area contributed by atoms with Crippen LogP contribution in [0.2, 0.25) is 5.02 Å². The van der Waals surface area contributed by atoms with E-state index in [1.54, 1.807) is 0 Å². The van der Waals surface area contributed by atoms with Gasteiger partial charge in [-0.05, 0) is 66.8 Å². The van der Waals surface area contributed by atoms with Gasteiger partial charge < -0.3 is 20.5 Å². The molecule has 1 aliphatic carbocycles. The number of halogens is 1. The van der Waals surface area contributed by atoms with Crippen molar-refractivity contribution in [3.05, 3.63) is 58.2 Å². The first-order valence-electron chi connectivity index (χ1n) is 13.2. The number of carbonyl (C=O) groups excluding carboxylic acids is 1. The number of benzene rings is 1. The van der Waals surface area contributed by atoms with Crippen LogP contribution in [0.1, 0.15) is 82.5 Å². The molecule has 1 aliphatic heterocycles. The number of hydrogen-bond donors (Lipinski definition) is 3. The number of nitrogens with one attached hydrogen (secondary N) is 2. The van der Waals surface area contributed by atoms with Crippen molar-refractivity contribution >= 4 is 17.5 Å². The zero-order valence-corrected chi connectivity index (χ0v) is 22.7. The average Bonchev–Trinajstić information content (AvgIpc) is 2.81. The summed E-state index contributed by atoms with van der Waals surface area (Å²) in [5.41, 5.74) is 3.33. The van der Waals surface area contributed by atoms with Gasteiger partial charge in [0.25, 0.3) is 0 Å². The molecule has 1 spiro atoms. The van der Waals surface area contributed by atoms with Gasteiger partial charge in [0, 0.05) is 42.7 Å². The summed E-state index contributed by atoms with van der Waals surface area (Å²) in [4.78, 5) is 16.6. The monoisotopic (exact) mass is 513 g/mol. The molecule has 0 unspecified atom stereocenters. The summed E-state index contributed by atoms with van der Waals surface area (Å²) in [5, 5.41) is 18.3. The molecule has 7 heteroatoms. The predicted molar refractivity (Wildman–Crippen MR) is 143 cm³/mol. The van der Waals surface area contributed by atoms with Crippen LogP contribution in [-0.2, 0) is 17.6 Å². The molecule has 2 aliphatic rings. The van der Waals surface area contributed by atoms with Crippen molar-refractivity contribution < 1.29 is 14.6 Å². The van der Waals surface area contributed by atoms with Crippen molar-refractivity contribution in [3.8, 4) is 5.88 Å². The Morgan fingerprint density at radius 2 is 2.00 bits per heavy atom. The van der Waals surface area contributed by atoms with E-state index >= 15 is 0 Å². The van der Waals surface area contributed by atoms with Crippen LogP contribution in [0.25, 0.3) is 0 Å². The molecule has 3 N–H and O–H groups in total. The van der Waals surface area contributed by atoms with Crippen LogP contribution in [0, 0.1) is 5.41 Å². The van der Waals surface area contributed by atoms with E-state index in [9.17, 15) is 9.90 Å². The first-order chi connectivity index (χ1) is 17.1. The SMILES string of the molecule is CCC(C)(C)Cc1cnc2c(c1)[C@@H](NC[C@@H](O)[C@H](Cc1ccc(Cl)cc1)NC(C)=O)CC1(CCC1)O2. The Bertz CT molecular complexity index is 1050. The Balaban J connectivity index is 1.50. The molecule has 0 bridgehead atoms. The highest BCUT2D eigenvalue weighted by molar-refractivity contribution is 6.30. The summed E-state index contributed by atoms with van der Waals surface area (Å²) in [6.07, 6.45) is 7.85. The standard InChI is InChI=1S/C29H40ClN3O3/c1-5-28(3,4)15-21-13-23-25(16-29(11-6-12-29)36-27(23)32-17-21)31-18-26(35)24(33-19(2)34)14-20-7-9-22(30)10-8-20/h7-10,13,17,24-26,31,35H,5-6,11-12,14-16,18H2,1-4H3,(H,33,34)/t24-,25-,26+/m0/s1. The van der Waals surface area contributed by atoms with Gasteiger partial charge in [-0.3, -0.25) is 4.79 Å². The number of nitrogens with zero attached hydrogens (tertiary/aromatic N) is 1. The van der Waals surface area contributed by atoms with Gasteiger partial charge in [-0.15, -0.1) is 0 Å². The van der Waals surface area contributed by atoms with Crippen molar-refractivity contribution in [3.63, 3.8) is 0 Å². The lowest BCUT2D eigenvalue weighted by atomic mass is 9.73. The van der Waals surface area contributed by atoms with E-state index in [0.29, 0.717) is 23.9 Å². The molecule has 3 atom stereocenters. The molecule has 2 heterocycles. The number of carbonyl (C=O) groups is 1. The topological polar surface area (TPSA) is 83.5 Å². The van der Waals surface area contributed by atoms with Crippen LogP contribution >= 0.6 is 11.6 Å². The van der Waals surface area contributed by atoms with E-state index in [4.69, 9.17) is 21.3 Å². The summed E-state index contributed by atoms with van der Waals surface area (Å²) >= 11 is 6.02. The number of ether oxygens (including phenoxy) is 1. The fourth-order valence-electron chi connectivity index (χ4n) is 5.24. The minimum atomic E-state index is -0.761. The number of fused-ring (bicyclic) bond motifs is 1. The Kier molecular flexibility index (Phi) is 8.28. The van der Waals surface area contributed by atoms with Gasteiger partial charge in [0.15, 0.2) is 0 Å². The van der Waals surface area contributed by atoms with Gasteiger partial charge in [0.2, 0.25) is 11.8 Å². The molecule has 196 valence electrons. The molecule has 6 nitrogen and oxygen atoms in total. The minimum absolute atomic E-state index is 0.0365. The summed E-state index contributed by atoms with van der Waals surface area (Å²) < 4.78 is 6.41. The number of aromatic nitrogens is 1. The van der Waals surface area contributed by atoms with E-state index < -0.39 is 12.1 Å². The van der Waals surface area contributed by atoms with E-state index in [-0.39, 0.29) is 23.0 Å². The van der Waals surface area contributed by atoms with Gasteiger partial charge in [-0.1, -0.05) is 50.9 Å². The molecule has 36 heavy (non-hydrogen) atoms. The largest absolute Gasteiger partial charge is 0.471 e. The van der Waals surface area contributed by atoms with Crippen molar-refractivity contribution in [1.29, 1.82) is 0 Å². The van der Waals surface area contributed by atoms with Gasteiger partial charge in [0.1, 0.15) is 5.60 Å². The number of amides is 1. The maximum atomic E-state index is 11.9. The highest BCUT2D eigenvalue weighted by atomic mass is 35.5. The Morgan fingerprint density at radius 3 is 2.61 bits per heavy atom. The molecule has 4 rings (SSSR count). The van der Waals surface area contributed by atoms with Crippen LogP contribution in [0.5, 0.6) is 5.88 Å². The quantitative estimate of drug-likeness (QED) is 0.409. The lowest BCUT2D eigenvalue weighted by Gasteiger charge is -2.47. The molecular formula is C29H40ClN3O3. The van der Waals surface area contributed by atoms with Crippen LogP contribution in [0.3, 0.4) is 0 Å². The smallest absolute Gasteiger partial charge is 0.218 e. The van der Waals surface area contributed by atoms with E-state index in [0.717, 1.165) is 43.2 Å². The fourth-order valence-corrected chi connectivity index (χ4v) is 5.36. The Hall–Kier alpha value is -2.15. The lowest BCUT2D eigenvalue weighted by molar-refractivity contribution is -0.120. The van der Waals surface area contributed by atoms with E-state index in [1.807, 2.05) is 30.5 Å². The van der Waals surface area contributed by atoms with E-state index in [2.05, 4.69) is 37.5 Å². The van der Waals surface area contributed by atoms with E-state index in [1.165, 1.54) is 18.9 Å². The highest BCUT2D eigenvalue weighted by Gasteiger charge is 2.46. The van der Waals surface area contributed by atoms with Gasteiger partial charge >= 0.3 is 0 Å². The average molecular weight is 514 g/mol. The van der Waals surface area contributed by atoms with Crippen LogP contribution in [0.4, 0.5) is 0 Å². The number of rotatable bonds is 10. The number of pyridine rings is 1. The molecule has 0 saturated heterocycles. The molecule has 1 aromatic heterocycles. The van der Waals surface area contributed by atoms with Crippen molar-refractivity contribution in [2.75, 3.05) is 6.54 Å². The van der Waals surface area contributed by atoms with Crippen molar-refractivity contribution in [2.45, 2.75) is 96.4 Å². The summed E-state index contributed by atoms with van der Waals surface area (Å²) in [6.45, 7) is 8.61. The second-order valence-corrected chi connectivity index (χ2v) is 11.9. The summed E-state index contributed by atoms with van der Waals surface area (Å²) in [7, 11) is 0. The van der Waals surface area contributed by atoms with Crippen LogP contribution in [0.15, 0.2) is 36.5 Å². The number of aliphatic hydroxyl groups is 1. The maximum Gasteiger partial charge on any atom is 0.218 e. The number of hydrogen-bond acceptors (Lipinski definition) is 5. The predicted octanol–water partition coefficient (Wildman–Crippen LogP) is 5.16. The van der Waals surface area contributed by atoms with Crippen LogP contribution in [-0.4, -0.2) is 40.3 Å². The fraction of sp³-hybridized carbons (Fsp3) is 0.586. The normalized spacial score (nSPS) is 20.1. The first-order valence-corrected chi connectivity index (χ1v) is 13.6. The molecule has 2 aromatic rings. The molecular weight excluding hydrogens is 474 g/mol. The van der Waals surface area contributed by atoms with Gasteiger partial charge in [-0.25, -0.2) is 4.98 Å². The van der Waals surface area contributed by atoms with Crippen molar-refractivity contribution in [2.24, 2.45) is 5.41 Å². The minimum Gasteiger partial charge on any atom is -0.471 e. The van der Waals surface area contributed by atoms with Gasteiger partial charge in [-0.2, -0.15) is 0 Å². The Labute approximate surface area is 220 Å². The third-order valence-electron chi connectivity index (χ3n) is 7.90. The van der Waals surface area contributed by atoms with Crippen molar-refractivity contribution in [1.82, 2.24) is 15.6 Å². The molecule has 1 fully saturated rings. The second-order valence-electron chi connectivity index (χ2n) is 11.4. The Morgan fingerprint density at radius 1 is 1.28 bits per heavy atom. The number of aliphatic hydroxyl groups excluding tert-OH is 1. The third kappa shape index (κ3) is 6.58. The van der Waals surface area contributed by atoms with Crippen LogP contribution < -0.4 is 15.4 Å².